The Labute approximate surface area is 99.4 Å². The van der Waals surface area contributed by atoms with Gasteiger partial charge in [-0.15, -0.1) is 0 Å². The molecule has 18 heavy (non-hydrogen) atoms. The monoisotopic (exact) mass is 284 g/mol. The molecule has 0 heterocycles. The van der Waals surface area contributed by atoms with E-state index in [9.17, 15) is 26.4 Å². The molecular formula is C9H7F3O5S. The van der Waals surface area contributed by atoms with E-state index >= 15 is 0 Å². The first kappa shape index (κ1) is 14.5. The number of carboxylic acids is 1. The number of rotatable bonds is 3. The molecule has 0 spiro atoms. The maximum absolute atomic E-state index is 13.4. The number of carboxylic acid groups (broad SMARTS) is 1. The van der Waals surface area contributed by atoms with Gasteiger partial charge in [-0.05, 0) is 6.07 Å². The smallest absolute Gasteiger partial charge is 0.337 e. The van der Waals surface area contributed by atoms with E-state index in [1.54, 1.807) is 0 Å². The summed E-state index contributed by atoms with van der Waals surface area (Å²) in [5.74, 6) is -7.59. The topological polar surface area (TPSA) is 91.7 Å². The molecule has 1 aromatic carbocycles. The Morgan fingerprint density at radius 1 is 1.28 bits per heavy atom. The van der Waals surface area contributed by atoms with Crippen LogP contribution < -0.4 is 0 Å². The predicted molar refractivity (Wildman–Crippen MR) is 52.0 cm³/mol. The van der Waals surface area contributed by atoms with Gasteiger partial charge in [0, 0.05) is 11.8 Å². The van der Waals surface area contributed by atoms with Crippen LogP contribution in [0.15, 0.2) is 11.0 Å². The summed E-state index contributed by atoms with van der Waals surface area (Å²) in [6.07, 6.45) is -2.04. The lowest BCUT2D eigenvalue weighted by molar-refractivity contribution is -0.147. The van der Waals surface area contributed by atoms with E-state index in [-0.39, 0.29) is 6.07 Å². The number of aliphatic hydroxyl groups excluding tert-OH is 1. The van der Waals surface area contributed by atoms with Crippen molar-refractivity contribution in [3.63, 3.8) is 0 Å². The lowest BCUT2D eigenvalue weighted by atomic mass is 10.1. The summed E-state index contributed by atoms with van der Waals surface area (Å²) < 4.78 is 62.1. The third kappa shape index (κ3) is 2.46. The molecule has 1 atom stereocenters. The van der Waals surface area contributed by atoms with Crippen LogP contribution in [0.25, 0.3) is 0 Å². The lowest BCUT2D eigenvalue weighted by Gasteiger charge is -2.11. The van der Waals surface area contributed by atoms with Gasteiger partial charge >= 0.3 is 5.97 Å². The second-order valence-corrected chi connectivity index (χ2v) is 5.37. The first-order valence-corrected chi connectivity index (χ1v) is 6.24. The zero-order chi connectivity index (χ0) is 14.2. The Morgan fingerprint density at radius 2 is 1.78 bits per heavy atom. The molecule has 9 heteroatoms. The van der Waals surface area contributed by atoms with E-state index in [0.29, 0.717) is 6.26 Å². The van der Waals surface area contributed by atoms with Crippen molar-refractivity contribution >= 4 is 15.8 Å². The largest absolute Gasteiger partial charge is 0.479 e. The van der Waals surface area contributed by atoms with Crippen LogP contribution in [-0.2, 0) is 14.6 Å². The van der Waals surface area contributed by atoms with E-state index in [2.05, 4.69) is 0 Å². The molecule has 1 aromatic rings. The molecule has 0 saturated heterocycles. The molecule has 1 rings (SSSR count). The van der Waals surface area contributed by atoms with Crippen LogP contribution in [0.5, 0.6) is 0 Å². The summed E-state index contributed by atoms with van der Waals surface area (Å²) in [5, 5.41) is 17.4. The summed E-state index contributed by atoms with van der Waals surface area (Å²) in [6.45, 7) is 0. The number of halogens is 3. The quantitative estimate of drug-likeness (QED) is 0.794. The summed E-state index contributed by atoms with van der Waals surface area (Å²) in [6, 6.07) is 0.133. The summed E-state index contributed by atoms with van der Waals surface area (Å²) in [7, 11) is -4.37. The fourth-order valence-electron chi connectivity index (χ4n) is 1.27. The van der Waals surface area contributed by atoms with Gasteiger partial charge in [0.15, 0.2) is 27.6 Å². The zero-order valence-electron chi connectivity index (χ0n) is 8.82. The van der Waals surface area contributed by atoms with Crippen LogP contribution in [0.3, 0.4) is 0 Å². The van der Waals surface area contributed by atoms with Gasteiger partial charge in [0.2, 0.25) is 0 Å². The summed E-state index contributed by atoms with van der Waals surface area (Å²) in [4.78, 5) is 8.86. The number of aliphatic hydroxyl groups is 1. The molecule has 100 valence electrons. The van der Waals surface area contributed by atoms with Crippen molar-refractivity contribution in [1.82, 2.24) is 0 Å². The molecule has 0 aromatic heterocycles. The van der Waals surface area contributed by atoms with E-state index < -0.39 is 49.8 Å². The van der Waals surface area contributed by atoms with Crippen LogP contribution in [0, 0.1) is 17.5 Å². The van der Waals surface area contributed by atoms with Gasteiger partial charge in [-0.25, -0.2) is 26.4 Å². The highest BCUT2D eigenvalue weighted by atomic mass is 32.2. The van der Waals surface area contributed by atoms with Crippen LogP contribution >= 0.6 is 0 Å². The highest BCUT2D eigenvalue weighted by Gasteiger charge is 2.30. The maximum Gasteiger partial charge on any atom is 0.337 e. The van der Waals surface area contributed by atoms with Gasteiger partial charge < -0.3 is 10.2 Å². The molecule has 5 nitrogen and oxygen atoms in total. The minimum atomic E-state index is -4.37. The normalized spacial score (nSPS) is 13.4. The van der Waals surface area contributed by atoms with Gasteiger partial charge in [-0.3, -0.25) is 0 Å². The number of hydrogen-bond donors (Lipinski definition) is 2. The third-order valence-corrected chi connectivity index (χ3v) is 3.16. The molecule has 0 radical (unpaired) electrons. The number of carbonyl (C=O) groups is 1. The van der Waals surface area contributed by atoms with Crippen molar-refractivity contribution < 1.29 is 36.6 Å². The minimum Gasteiger partial charge on any atom is -0.479 e. The van der Waals surface area contributed by atoms with E-state index in [4.69, 9.17) is 10.2 Å². The molecule has 2 N–H and O–H groups in total. The van der Waals surface area contributed by atoms with Crippen LogP contribution in [0.1, 0.15) is 11.7 Å². The fourth-order valence-corrected chi connectivity index (χ4v) is 2.10. The Morgan fingerprint density at radius 3 is 2.17 bits per heavy atom. The van der Waals surface area contributed by atoms with Crippen molar-refractivity contribution in [3.05, 3.63) is 29.1 Å². The molecule has 0 fully saturated rings. The van der Waals surface area contributed by atoms with E-state index in [0.717, 1.165) is 0 Å². The van der Waals surface area contributed by atoms with Crippen molar-refractivity contribution in [2.24, 2.45) is 0 Å². The highest BCUT2D eigenvalue weighted by Crippen LogP contribution is 2.27. The predicted octanol–water partition coefficient (Wildman–Crippen LogP) is 0.625. The third-order valence-electron chi connectivity index (χ3n) is 2.04. The van der Waals surface area contributed by atoms with Crippen LogP contribution in [0.4, 0.5) is 13.2 Å². The fraction of sp³-hybridized carbons (Fsp3) is 0.222. The molecule has 1 unspecified atom stereocenters. The second-order valence-electron chi connectivity index (χ2n) is 3.42. The number of hydrogen-bond acceptors (Lipinski definition) is 4. The summed E-state index contributed by atoms with van der Waals surface area (Å²) in [5.41, 5.74) is -1.19. The standard InChI is InChI=1S/C9H7F3O5S/c1-18(16,17)8-4(10)2-3(5(11)6(8)12)7(13)9(14)15/h2,7,13H,1H3,(H,14,15). The van der Waals surface area contributed by atoms with Gasteiger partial charge in [-0.1, -0.05) is 0 Å². The van der Waals surface area contributed by atoms with Gasteiger partial charge in [0.05, 0.1) is 0 Å². The molecule has 0 aliphatic carbocycles. The average Bonchev–Trinajstić information content (AvgIpc) is 2.20. The molecule has 0 amide bonds. The van der Waals surface area contributed by atoms with Gasteiger partial charge in [0.1, 0.15) is 10.7 Å². The Hall–Kier alpha value is -1.61. The Bertz CT molecular complexity index is 611. The van der Waals surface area contributed by atoms with Gasteiger partial charge in [-0.2, -0.15) is 0 Å². The summed E-state index contributed by atoms with van der Waals surface area (Å²) >= 11 is 0. The van der Waals surface area contributed by atoms with Gasteiger partial charge in [0.25, 0.3) is 0 Å². The minimum absolute atomic E-state index is 0.133. The number of benzene rings is 1. The Kier molecular flexibility index (Phi) is 3.67. The average molecular weight is 284 g/mol. The highest BCUT2D eigenvalue weighted by molar-refractivity contribution is 7.90. The molecule has 0 saturated carbocycles. The molecular weight excluding hydrogens is 277 g/mol. The Balaban J connectivity index is 3.62. The SMILES string of the molecule is CS(=O)(=O)c1c(F)cc(C(O)C(=O)O)c(F)c1F. The van der Waals surface area contributed by atoms with E-state index in [1.807, 2.05) is 0 Å². The second kappa shape index (κ2) is 4.58. The molecule has 0 aliphatic heterocycles. The maximum atomic E-state index is 13.4. The molecule has 0 bridgehead atoms. The number of aliphatic carboxylic acids is 1. The zero-order valence-corrected chi connectivity index (χ0v) is 9.63. The number of sulfone groups is 1. The van der Waals surface area contributed by atoms with Crippen molar-refractivity contribution in [3.8, 4) is 0 Å². The first-order valence-electron chi connectivity index (χ1n) is 4.35. The van der Waals surface area contributed by atoms with Crippen molar-refractivity contribution in [1.29, 1.82) is 0 Å². The lowest BCUT2D eigenvalue weighted by Crippen LogP contribution is -2.16. The molecule has 0 aliphatic rings. The van der Waals surface area contributed by atoms with Crippen LogP contribution in [0.2, 0.25) is 0 Å². The van der Waals surface area contributed by atoms with E-state index in [1.165, 1.54) is 0 Å². The van der Waals surface area contributed by atoms with Crippen molar-refractivity contribution in [2.75, 3.05) is 6.26 Å². The van der Waals surface area contributed by atoms with Crippen molar-refractivity contribution in [2.45, 2.75) is 11.0 Å². The van der Waals surface area contributed by atoms with Crippen LogP contribution in [-0.4, -0.2) is 30.9 Å². The first-order chi connectivity index (χ1) is 8.07.